The molecule has 156 valence electrons. The van der Waals surface area contributed by atoms with E-state index in [1.165, 1.54) is 12.8 Å². The Bertz CT molecular complexity index is 623. The first kappa shape index (κ1) is 19.8. The van der Waals surface area contributed by atoms with E-state index in [9.17, 15) is 4.79 Å². The van der Waals surface area contributed by atoms with E-state index in [0.717, 1.165) is 71.3 Å². The Kier molecular flexibility index (Phi) is 6.96. The lowest BCUT2D eigenvalue weighted by molar-refractivity contribution is -0.140. The molecule has 28 heavy (non-hydrogen) atoms. The van der Waals surface area contributed by atoms with E-state index in [-0.39, 0.29) is 12.0 Å². The number of amides is 1. The third kappa shape index (κ3) is 4.92. The average Bonchev–Trinajstić information content (AvgIpc) is 3.44. The van der Waals surface area contributed by atoms with Gasteiger partial charge in [-0.3, -0.25) is 4.79 Å². The van der Waals surface area contributed by atoms with Crippen molar-refractivity contribution < 1.29 is 18.8 Å². The molecule has 1 amide bonds. The van der Waals surface area contributed by atoms with Crippen molar-refractivity contribution in [1.82, 2.24) is 15.0 Å². The van der Waals surface area contributed by atoms with Crippen molar-refractivity contribution in [3.05, 3.63) is 11.7 Å². The molecule has 0 radical (unpaired) electrons. The number of rotatable bonds is 7. The molecular formula is C21H33N3O4. The Morgan fingerprint density at radius 2 is 1.86 bits per heavy atom. The summed E-state index contributed by atoms with van der Waals surface area (Å²) in [5.41, 5.74) is 0. The molecule has 1 aliphatic carbocycles. The quantitative estimate of drug-likeness (QED) is 0.664. The van der Waals surface area contributed by atoms with Crippen molar-refractivity contribution in [2.75, 3.05) is 33.0 Å². The lowest BCUT2D eigenvalue weighted by Crippen LogP contribution is -2.41. The molecule has 3 aliphatic rings. The van der Waals surface area contributed by atoms with Crippen LogP contribution >= 0.6 is 0 Å². The van der Waals surface area contributed by atoms with Gasteiger partial charge in [-0.2, -0.15) is 4.98 Å². The molecule has 1 unspecified atom stereocenters. The zero-order valence-corrected chi connectivity index (χ0v) is 16.8. The van der Waals surface area contributed by atoms with Gasteiger partial charge in [0.1, 0.15) is 6.04 Å². The molecule has 0 bridgehead atoms. The van der Waals surface area contributed by atoms with Gasteiger partial charge in [0, 0.05) is 38.7 Å². The highest BCUT2D eigenvalue weighted by Gasteiger charge is 2.36. The fourth-order valence-corrected chi connectivity index (χ4v) is 4.69. The number of carbonyl (C=O) groups excluding carboxylic acids is 1. The molecule has 7 heteroatoms. The van der Waals surface area contributed by atoms with Gasteiger partial charge in [-0.05, 0) is 50.9 Å². The minimum Gasteiger partial charge on any atom is -0.381 e. The first-order chi connectivity index (χ1) is 13.8. The minimum atomic E-state index is -0.0498. The van der Waals surface area contributed by atoms with Gasteiger partial charge in [-0.25, -0.2) is 0 Å². The van der Waals surface area contributed by atoms with Gasteiger partial charge in [0.25, 0.3) is 0 Å². The molecule has 4 rings (SSSR count). The van der Waals surface area contributed by atoms with Gasteiger partial charge >= 0.3 is 0 Å². The second-order valence-corrected chi connectivity index (χ2v) is 8.45. The summed E-state index contributed by atoms with van der Waals surface area (Å²) in [6.45, 7) is 3.89. The van der Waals surface area contributed by atoms with E-state index < -0.39 is 0 Å². The Labute approximate surface area is 167 Å². The largest absolute Gasteiger partial charge is 0.381 e. The van der Waals surface area contributed by atoms with E-state index in [1.807, 2.05) is 4.90 Å². The van der Waals surface area contributed by atoms with Crippen molar-refractivity contribution in [2.45, 2.75) is 70.3 Å². The number of hydrogen-bond acceptors (Lipinski definition) is 6. The monoisotopic (exact) mass is 391 g/mol. The SMILES string of the molecule is O=C(C1CCCC1)N1CCCCC1c1nc(CCOCC2CCOCC2)no1. The molecule has 2 saturated heterocycles. The van der Waals surface area contributed by atoms with Crippen LogP contribution in [-0.2, 0) is 20.7 Å². The first-order valence-corrected chi connectivity index (χ1v) is 11.1. The van der Waals surface area contributed by atoms with Gasteiger partial charge in [0.15, 0.2) is 5.82 Å². The summed E-state index contributed by atoms with van der Waals surface area (Å²) >= 11 is 0. The molecule has 0 aromatic carbocycles. The van der Waals surface area contributed by atoms with Crippen LogP contribution in [0.1, 0.15) is 75.5 Å². The third-order valence-electron chi connectivity index (χ3n) is 6.42. The van der Waals surface area contributed by atoms with Crippen molar-refractivity contribution in [3.63, 3.8) is 0 Å². The summed E-state index contributed by atoms with van der Waals surface area (Å²) in [6, 6.07) is -0.0498. The summed E-state index contributed by atoms with van der Waals surface area (Å²) in [7, 11) is 0. The fraction of sp³-hybridized carbons (Fsp3) is 0.857. The zero-order chi connectivity index (χ0) is 19.2. The van der Waals surface area contributed by atoms with Crippen molar-refractivity contribution in [1.29, 1.82) is 0 Å². The predicted molar refractivity (Wildman–Crippen MR) is 103 cm³/mol. The molecule has 1 atom stereocenters. The van der Waals surface area contributed by atoms with Crippen molar-refractivity contribution in [3.8, 4) is 0 Å². The lowest BCUT2D eigenvalue weighted by Gasteiger charge is -2.35. The number of likely N-dealkylation sites (tertiary alicyclic amines) is 1. The maximum atomic E-state index is 13.0. The van der Waals surface area contributed by atoms with Crippen LogP contribution in [0.15, 0.2) is 4.52 Å². The molecule has 2 aliphatic heterocycles. The van der Waals surface area contributed by atoms with Gasteiger partial charge in [0.05, 0.1) is 6.61 Å². The van der Waals surface area contributed by atoms with E-state index in [0.29, 0.717) is 36.6 Å². The zero-order valence-electron chi connectivity index (χ0n) is 16.8. The van der Waals surface area contributed by atoms with Crippen LogP contribution in [0.3, 0.4) is 0 Å². The second-order valence-electron chi connectivity index (χ2n) is 8.45. The van der Waals surface area contributed by atoms with Crippen molar-refractivity contribution in [2.24, 2.45) is 11.8 Å². The van der Waals surface area contributed by atoms with Gasteiger partial charge in [0.2, 0.25) is 11.8 Å². The van der Waals surface area contributed by atoms with Crippen LogP contribution in [0.25, 0.3) is 0 Å². The Balaban J connectivity index is 1.28. The molecule has 3 heterocycles. The third-order valence-corrected chi connectivity index (χ3v) is 6.42. The van der Waals surface area contributed by atoms with Crippen LogP contribution < -0.4 is 0 Å². The van der Waals surface area contributed by atoms with Gasteiger partial charge in [-0.1, -0.05) is 18.0 Å². The second kappa shape index (κ2) is 9.83. The molecule has 0 spiro atoms. The summed E-state index contributed by atoms with van der Waals surface area (Å²) in [4.78, 5) is 19.6. The Hall–Kier alpha value is -1.47. The fourth-order valence-electron chi connectivity index (χ4n) is 4.69. The standard InChI is InChI=1S/C21H33N3O4/c25-21(17-5-1-2-6-17)24-11-4-3-7-18(24)20-22-19(23-28-20)10-14-27-15-16-8-12-26-13-9-16/h16-18H,1-15H2. The summed E-state index contributed by atoms with van der Waals surface area (Å²) in [5.74, 6) is 2.38. The predicted octanol–water partition coefficient (Wildman–Crippen LogP) is 3.30. The number of hydrogen-bond donors (Lipinski definition) is 0. The normalized spacial score (nSPS) is 24.7. The molecule has 7 nitrogen and oxygen atoms in total. The Morgan fingerprint density at radius 1 is 1.07 bits per heavy atom. The maximum Gasteiger partial charge on any atom is 0.249 e. The molecule has 1 aromatic rings. The summed E-state index contributed by atoms with van der Waals surface area (Å²) < 4.78 is 16.8. The molecule has 3 fully saturated rings. The first-order valence-electron chi connectivity index (χ1n) is 11.1. The van der Waals surface area contributed by atoms with Gasteiger partial charge < -0.3 is 18.9 Å². The lowest BCUT2D eigenvalue weighted by atomic mass is 9.98. The highest BCUT2D eigenvalue weighted by molar-refractivity contribution is 5.79. The summed E-state index contributed by atoms with van der Waals surface area (Å²) in [5, 5.41) is 4.14. The minimum absolute atomic E-state index is 0.0498. The van der Waals surface area contributed by atoms with E-state index in [1.54, 1.807) is 0 Å². The van der Waals surface area contributed by atoms with Crippen molar-refractivity contribution >= 4 is 5.91 Å². The van der Waals surface area contributed by atoms with Crippen LogP contribution in [-0.4, -0.2) is 53.9 Å². The number of ether oxygens (including phenoxy) is 2. The Morgan fingerprint density at radius 3 is 2.68 bits per heavy atom. The molecule has 1 aromatic heterocycles. The average molecular weight is 392 g/mol. The van der Waals surface area contributed by atoms with Crippen LogP contribution in [0.2, 0.25) is 0 Å². The molecular weight excluding hydrogens is 358 g/mol. The van der Waals surface area contributed by atoms with E-state index in [2.05, 4.69) is 10.1 Å². The van der Waals surface area contributed by atoms with Crippen LogP contribution in [0.4, 0.5) is 0 Å². The van der Waals surface area contributed by atoms with Crippen LogP contribution in [0.5, 0.6) is 0 Å². The number of nitrogens with zero attached hydrogens (tertiary/aromatic N) is 3. The maximum absolute atomic E-state index is 13.0. The van der Waals surface area contributed by atoms with E-state index in [4.69, 9.17) is 14.0 Å². The number of piperidine rings is 1. The molecule has 0 N–H and O–H groups in total. The smallest absolute Gasteiger partial charge is 0.249 e. The van der Waals surface area contributed by atoms with Crippen LogP contribution in [0, 0.1) is 11.8 Å². The highest BCUT2D eigenvalue weighted by Crippen LogP contribution is 2.34. The highest BCUT2D eigenvalue weighted by atomic mass is 16.5. The van der Waals surface area contributed by atoms with E-state index >= 15 is 0 Å². The summed E-state index contributed by atoms with van der Waals surface area (Å²) in [6.07, 6.45) is 10.3. The topological polar surface area (TPSA) is 77.7 Å². The van der Waals surface area contributed by atoms with Gasteiger partial charge in [-0.15, -0.1) is 0 Å². The number of aromatic nitrogens is 2. The number of carbonyl (C=O) groups is 1. The molecule has 1 saturated carbocycles.